The van der Waals surface area contributed by atoms with Crippen molar-refractivity contribution in [1.29, 1.82) is 0 Å². The molecule has 47 heavy (non-hydrogen) atoms. The zero-order chi connectivity index (χ0) is 34.1. The van der Waals surface area contributed by atoms with Crippen molar-refractivity contribution in [2.45, 2.75) is 32.7 Å². The van der Waals surface area contributed by atoms with Gasteiger partial charge in [0.1, 0.15) is 13.2 Å². The molecule has 3 aromatic rings. The van der Waals surface area contributed by atoms with E-state index < -0.39 is 24.3 Å². The highest BCUT2D eigenvalue weighted by Crippen LogP contribution is 2.36. The number of nitrogens with zero attached hydrogens (tertiary/aromatic N) is 1. The average molecular weight is 752 g/mol. The van der Waals surface area contributed by atoms with Gasteiger partial charge in [0, 0.05) is 15.7 Å². The Hall–Kier alpha value is -4.17. The Morgan fingerprint density at radius 3 is 2.51 bits per heavy atom. The fourth-order valence-corrected chi connectivity index (χ4v) is 5.27. The van der Waals surface area contributed by atoms with Crippen LogP contribution in [0.4, 0.5) is 4.79 Å². The van der Waals surface area contributed by atoms with E-state index in [2.05, 4.69) is 37.1 Å². The minimum absolute atomic E-state index is 0.181. The average Bonchev–Trinajstić information content (AvgIpc) is 3.04. The minimum atomic E-state index is -1.19. The van der Waals surface area contributed by atoms with Crippen LogP contribution in [0.2, 0.25) is 10.0 Å². The number of benzene rings is 3. The first-order valence-corrected chi connectivity index (χ1v) is 15.8. The Labute approximate surface area is 290 Å². The molecule has 1 aliphatic heterocycles. The van der Waals surface area contributed by atoms with Crippen LogP contribution in [0, 0.1) is 0 Å². The van der Waals surface area contributed by atoms with Crippen LogP contribution in [0.3, 0.4) is 0 Å². The molecule has 15 heteroatoms. The van der Waals surface area contributed by atoms with Crippen LogP contribution < -0.4 is 35.0 Å². The molecule has 0 saturated carbocycles. The van der Waals surface area contributed by atoms with E-state index in [0.29, 0.717) is 60.9 Å². The lowest BCUT2D eigenvalue weighted by Gasteiger charge is -2.28. The number of halogens is 3. The van der Waals surface area contributed by atoms with Gasteiger partial charge in [0.25, 0.3) is 0 Å². The molecule has 2 atom stereocenters. The number of amides is 2. The fraction of sp³-hybridized carbons (Fsp3) is 0.281. The molecule has 0 unspecified atom stereocenters. The number of hydrogen-bond acceptors (Lipinski definition) is 10. The van der Waals surface area contributed by atoms with Crippen molar-refractivity contribution in [3.63, 3.8) is 0 Å². The molecule has 0 radical (unpaired) electrons. The van der Waals surface area contributed by atoms with E-state index >= 15 is 0 Å². The van der Waals surface area contributed by atoms with E-state index in [0.717, 1.165) is 5.56 Å². The molecule has 0 aliphatic carbocycles. The first-order chi connectivity index (χ1) is 22.5. The quantitative estimate of drug-likeness (QED) is 0.0688. The summed E-state index contributed by atoms with van der Waals surface area (Å²) >= 11 is 15.6. The molecule has 250 valence electrons. The van der Waals surface area contributed by atoms with E-state index in [9.17, 15) is 14.7 Å². The highest BCUT2D eigenvalue weighted by Gasteiger charge is 2.32. The second-order valence-electron chi connectivity index (χ2n) is 9.98. The van der Waals surface area contributed by atoms with Gasteiger partial charge in [-0.1, -0.05) is 35.3 Å². The SMILES string of the molecule is CCOc1cc([C@H]2NC(=O)NC(C)=C2C(=O)OC)ccc1OC[C@H](O)N/N=C\c1cc(OC)c(OCc2ccc(Cl)c(Cl)c2)cc1Br. The van der Waals surface area contributed by atoms with Gasteiger partial charge in [0.05, 0.1) is 48.7 Å². The number of ether oxygens (including phenoxy) is 5. The summed E-state index contributed by atoms with van der Waals surface area (Å²) in [6.07, 6.45) is 0.316. The number of hydrogen-bond donors (Lipinski definition) is 4. The lowest BCUT2D eigenvalue weighted by atomic mass is 9.95. The fourth-order valence-electron chi connectivity index (χ4n) is 4.53. The molecule has 4 rings (SSSR count). The largest absolute Gasteiger partial charge is 0.493 e. The number of allylic oxidation sites excluding steroid dienone is 1. The van der Waals surface area contributed by atoms with Gasteiger partial charge in [-0.15, -0.1) is 0 Å². The van der Waals surface area contributed by atoms with Gasteiger partial charge in [-0.2, -0.15) is 5.10 Å². The van der Waals surface area contributed by atoms with Crippen molar-refractivity contribution >= 4 is 57.3 Å². The molecule has 3 aromatic carbocycles. The van der Waals surface area contributed by atoms with Crippen molar-refractivity contribution in [2.24, 2.45) is 5.10 Å². The van der Waals surface area contributed by atoms with Crippen LogP contribution in [0.1, 0.15) is 36.6 Å². The number of aliphatic hydroxyl groups is 1. The van der Waals surface area contributed by atoms with Crippen molar-refractivity contribution in [2.75, 3.05) is 27.4 Å². The zero-order valence-electron chi connectivity index (χ0n) is 25.9. The number of rotatable bonds is 14. The number of esters is 1. The van der Waals surface area contributed by atoms with Crippen LogP contribution in [0.15, 0.2) is 69.4 Å². The van der Waals surface area contributed by atoms with Gasteiger partial charge in [-0.25, -0.2) is 9.59 Å². The number of carbonyl (C=O) groups excluding carboxylic acids is 2. The zero-order valence-corrected chi connectivity index (χ0v) is 29.0. The summed E-state index contributed by atoms with van der Waals surface area (Å²) in [4.78, 5) is 24.6. The maximum Gasteiger partial charge on any atom is 0.337 e. The molecular formula is C32H33BrCl2N4O8. The Kier molecular flexibility index (Phi) is 12.6. The molecule has 0 spiro atoms. The van der Waals surface area contributed by atoms with E-state index in [-0.39, 0.29) is 18.8 Å². The third-order valence-electron chi connectivity index (χ3n) is 6.76. The first-order valence-electron chi connectivity index (χ1n) is 14.2. The second kappa shape index (κ2) is 16.6. The number of methoxy groups -OCH3 is 2. The van der Waals surface area contributed by atoms with Crippen LogP contribution >= 0.6 is 39.1 Å². The topological polar surface area (TPSA) is 149 Å². The molecule has 1 heterocycles. The number of urea groups is 1. The summed E-state index contributed by atoms with van der Waals surface area (Å²) in [6, 6.07) is 12.5. The summed E-state index contributed by atoms with van der Waals surface area (Å²) in [6.45, 7) is 3.81. The van der Waals surface area contributed by atoms with Gasteiger partial charge >= 0.3 is 12.0 Å². The third-order valence-corrected chi connectivity index (χ3v) is 8.19. The number of nitrogens with one attached hydrogen (secondary N) is 3. The summed E-state index contributed by atoms with van der Waals surface area (Å²) in [5, 5.41) is 20.9. The van der Waals surface area contributed by atoms with Crippen LogP contribution in [0.25, 0.3) is 0 Å². The van der Waals surface area contributed by atoms with Crippen molar-refractivity contribution in [1.82, 2.24) is 16.1 Å². The maximum atomic E-state index is 12.5. The molecule has 2 amide bonds. The van der Waals surface area contributed by atoms with E-state index in [4.69, 9.17) is 46.9 Å². The predicted molar refractivity (Wildman–Crippen MR) is 180 cm³/mol. The summed E-state index contributed by atoms with van der Waals surface area (Å²) < 4.78 is 28.6. The summed E-state index contributed by atoms with van der Waals surface area (Å²) in [5.74, 6) is 1.08. The first kappa shape index (κ1) is 35.7. The number of aliphatic hydroxyl groups excluding tert-OH is 1. The molecule has 0 fully saturated rings. The summed E-state index contributed by atoms with van der Waals surface area (Å²) in [7, 11) is 2.79. The van der Waals surface area contributed by atoms with Crippen molar-refractivity contribution in [3.05, 3.63) is 91.0 Å². The van der Waals surface area contributed by atoms with E-state index in [1.54, 1.807) is 56.3 Å². The van der Waals surface area contributed by atoms with Crippen LogP contribution in [0.5, 0.6) is 23.0 Å². The van der Waals surface area contributed by atoms with Crippen LogP contribution in [-0.2, 0) is 16.1 Å². The Morgan fingerprint density at radius 2 is 1.81 bits per heavy atom. The number of carbonyl (C=O) groups is 2. The maximum absolute atomic E-state index is 12.5. The molecule has 1 aliphatic rings. The van der Waals surface area contributed by atoms with Gasteiger partial charge in [0.15, 0.2) is 29.2 Å². The van der Waals surface area contributed by atoms with Gasteiger partial charge < -0.3 is 39.4 Å². The molecule has 4 N–H and O–H groups in total. The molecule has 0 aromatic heterocycles. The minimum Gasteiger partial charge on any atom is -0.493 e. The van der Waals surface area contributed by atoms with Crippen LogP contribution in [-0.4, -0.2) is 57.0 Å². The smallest absolute Gasteiger partial charge is 0.337 e. The van der Waals surface area contributed by atoms with E-state index in [1.165, 1.54) is 20.4 Å². The van der Waals surface area contributed by atoms with E-state index in [1.807, 2.05) is 6.07 Å². The van der Waals surface area contributed by atoms with Gasteiger partial charge in [-0.05, 0) is 77.3 Å². The molecule has 0 bridgehead atoms. The predicted octanol–water partition coefficient (Wildman–Crippen LogP) is 5.86. The molecule has 12 nitrogen and oxygen atoms in total. The molecule has 0 saturated heterocycles. The Balaban J connectivity index is 1.39. The second-order valence-corrected chi connectivity index (χ2v) is 11.6. The van der Waals surface area contributed by atoms with Gasteiger partial charge in [-0.3, -0.25) is 5.43 Å². The lowest BCUT2D eigenvalue weighted by molar-refractivity contribution is -0.136. The lowest BCUT2D eigenvalue weighted by Crippen LogP contribution is -2.45. The Morgan fingerprint density at radius 1 is 1.04 bits per heavy atom. The van der Waals surface area contributed by atoms with Crippen molar-refractivity contribution in [3.8, 4) is 23.0 Å². The molecular weight excluding hydrogens is 719 g/mol. The highest BCUT2D eigenvalue weighted by molar-refractivity contribution is 9.10. The normalized spacial score (nSPS) is 15.1. The number of hydrazone groups is 1. The Bertz CT molecular complexity index is 1690. The van der Waals surface area contributed by atoms with Crippen molar-refractivity contribution < 1.29 is 38.4 Å². The monoisotopic (exact) mass is 750 g/mol. The standard InChI is InChI=1S/C32H33BrCl2N4O8/c1-5-45-26-11-19(30-29(31(41)44-4)17(2)37-32(42)38-30)7-9-24(26)47-16-28(40)39-36-14-20-12-25(43-3)27(13-21(20)33)46-15-18-6-8-22(34)23(35)10-18/h6-14,28,30,39-40H,5,15-16H2,1-4H3,(H2,37,38,42)/b36-14-/t28-,30+/m0/s1. The third kappa shape index (κ3) is 9.22. The highest BCUT2D eigenvalue weighted by atomic mass is 79.9. The van der Waals surface area contributed by atoms with Gasteiger partial charge in [0.2, 0.25) is 0 Å². The summed E-state index contributed by atoms with van der Waals surface area (Å²) in [5.41, 5.74) is 5.32.